The lowest BCUT2D eigenvalue weighted by molar-refractivity contribution is -0.122. The number of nitrogens with zero attached hydrogens (tertiary/aromatic N) is 3. The predicted molar refractivity (Wildman–Crippen MR) is 158 cm³/mol. The average Bonchev–Trinajstić information content (AvgIpc) is 2.99. The van der Waals surface area contributed by atoms with E-state index in [2.05, 4.69) is 10.3 Å². The minimum Gasteiger partial charge on any atom is -0.493 e. The standard InChI is InChI=1S/C30H37FN4O5S/c1-39-25-11-6-19(16-26(25)40-2)4-3-5-27(36)33-21-7-9-22(10-8-21)35-29(37)24-17-20(31)18-32-28(24)34(30(35)38)23-12-14-41-15-13-23/h6,11,16-18,21-23H,3-5,7-10,12-15H2,1-2H3,(H,33,36)/t21-,22+. The van der Waals surface area contributed by atoms with Gasteiger partial charge in [0.25, 0.3) is 5.56 Å². The molecule has 1 saturated heterocycles. The Bertz CT molecular complexity index is 1510. The summed E-state index contributed by atoms with van der Waals surface area (Å²) in [7, 11) is 3.20. The molecule has 9 nitrogen and oxygen atoms in total. The van der Waals surface area contributed by atoms with Crippen LogP contribution in [-0.2, 0) is 11.2 Å². The molecule has 2 aromatic heterocycles. The summed E-state index contributed by atoms with van der Waals surface area (Å²) in [6.45, 7) is 0. The van der Waals surface area contributed by atoms with Crippen LogP contribution >= 0.6 is 11.8 Å². The van der Waals surface area contributed by atoms with Gasteiger partial charge in [0.1, 0.15) is 11.5 Å². The third-order valence-corrected chi connectivity index (χ3v) is 9.27. The van der Waals surface area contributed by atoms with Crippen LogP contribution in [-0.4, -0.2) is 51.8 Å². The molecule has 3 aromatic rings. The van der Waals surface area contributed by atoms with Crippen LogP contribution in [0.4, 0.5) is 4.39 Å². The van der Waals surface area contributed by atoms with Gasteiger partial charge in [-0.3, -0.25) is 18.7 Å². The highest BCUT2D eigenvalue weighted by molar-refractivity contribution is 7.99. The number of aryl methyl sites for hydroxylation is 1. The summed E-state index contributed by atoms with van der Waals surface area (Å²) in [5.41, 5.74) is 0.496. The SMILES string of the molecule is COc1ccc(CCCC(=O)N[C@H]2CC[C@@H](n3c(=O)c4cc(F)cnc4n(C4CCSCC4)c3=O)CC2)cc1OC. The van der Waals surface area contributed by atoms with Gasteiger partial charge in [0, 0.05) is 24.5 Å². The van der Waals surface area contributed by atoms with Gasteiger partial charge in [-0.25, -0.2) is 14.2 Å². The van der Waals surface area contributed by atoms with Crippen molar-refractivity contribution in [2.75, 3.05) is 25.7 Å². The van der Waals surface area contributed by atoms with Crippen LogP contribution < -0.4 is 26.0 Å². The molecule has 2 aliphatic rings. The number of hydrogen-bond donors (Lipinski definition) is 1. The summed E-state index contributed by atoms with van der Waals surface area (Å²) in [6, 6.07) is 6.59. The van der Waals surface area contributed by atoms with Gasteiger partial charge in [0.15, 0.2) is 11.5 Å². The normalized spacial score (nSPS) is 19.7. The fourth-order valence-corrected chi connectivity index (χ4v) is 7.15. The van der Waals surface area contributed by atoms with Crippen LogP contribution in [0.2, 0.25) is 0 Å². The van der Waals surface area contributed by atoms with Gasteiger partial charge in [0.05, 0.1) is 25.8 Å². The van der Waals surface area contributed by atoms with Crippen molar-refractivity contribution in [3.05, 3.63) is 62.7 Å². The smallest absolute Gasteiger partial charge is 0.333 e. The third-order valence-electron chi connectivity index (χ3n) is 8.22. The van der Waals surface area contributed by atoms with Crippen molar-refractivity contribution in [1.29, 1.82) is 0 Å². The lowest BCUT2D eigenvalue weighted by Crippen LogP contribution is -2.46. The van der Waals surface area contributed by atoms with Gasteiger partial charge >= 0.3 is 5.69 Å². The number of hydrogen-bond acceptors (Lipinski definition) is 7. The summed E-state index contributed by atoms with van der Waals surface area (Å²) in [4.78, 5) is 44.1. The number of ether oxygens (including phenoxy) is 2. The van der Waals surface area contributed by atoms with E-state index in [1.165, 1.54) is 10.6 Å². The zero-order chi connectivity index (χ0) is 28.9. The van der Waals surface area contributed by atoms with Crippen molar-refractivity contribution in [3.8, 4) is 11.5 Å². The molecule has 1 N–H and O–H groups in total. The van der Waals surface area contributed by atoms with E-state index in [0.717, 1.165) is 42.5 Å². The Hall–Kier alpha value is -3.34. The second-order valence-electron chi connectivity index (χ2n) is 10.8. The van der Waals surface area contributed by atoms with Crippen molar-refractivity contribution in [3.63, 3.8) is 0 Å². The Morgan fingerprint density at radius 3 is 2.41 bits per heavy atom. The zero-order valence-electron chi connectivity index (χ0n) is 23.6. The van der Waals surface area contributed by atoms with Crippen LogP contribution in [0.3, 0.4) is 0 Å². The molecule has 1 aromatic carbocycles. The van der Waals surface area contributed by atoms with Gasteiger partial charge in [-0.2, -0.15) is 11.8 Å². The van der Waals surface area contributed by atoms with E-state index in [1.807, 2.05) is 30.0 Å². The molecule has 0 atom stereocenters. The number of amides is 1. The summed E-state index contributed by atoms with van der Waals surface area (Å²) in [5, 5.41) is 3.28. The molecule has 5 rings (SSSR count). The molecular formula is C30H37FN4O5S. The largest absolute Gasteiger partial charge is 0.493 e. The Balaban J connectivity index is 1.22. The number of nitrogens with one attached hydrogen (secondary N) is 1. The van der Waals surface area contributed by atoms with Crippen LogP contribution in [0.15, 0.2) is 40.1 Å². The lowest BCUT2D eigenvalue weighted by Gasteiger charge is -2.31. The van der Waals surface area contributed by atoms with Gasteiger partial charge in [-0.05, 0) is 86.6 Å². The molecule has 2 fully saturated rings. The van der Waals surface area contributed by atoms with E-state index in [9.17, 15) is 18.8 Å². The Morgan fingerprint density at radius 1 is 1.00 bits per heavy atom. The molecule has 1 aliphatic heterocycles. The predicted octanol–water partition coefficient (Wildman–Crippen LogP) is 4.41. The highest BCUT2D eigenvalue weighted by Crippen LogP contribution is 2.31. The highest BCUT2D eigenvalue weighted by Gasteiger charge is 2.29. The number of benzene rings is 1. The summed E-state index contributed by atoms with van der Waals surface area (Å²) >= 11 is 1.85. The van der Waals surface area contributed by atoms with Gasteiger partial charge in [-0.1, -0.05) is 6.07 Å². The first-order chi connectivity index (χ1) is 19.9. The van der Waals surface area contributed by atoms with Gasteiger partial charge in [0.2, 0.25) is 5.91 Å². The van der Waals surface area contributed by atoms with Crippen molar-refractivity contribution in [1.82, 2.24) is 19.4 Å². The summed E-state index contributed by atoms with van der Waals surface area (Å²) in [6.07, 6.45) is 7.03. The van der Waals surface area contributed by atoms with Crippen LogP contribution in [0.25, 0.3) is 11.0 Å². The first kappa shape index (κ1) is 29.2. The number of fused-ring (bicyclic) bond motifs is 1. The molecule has 0 bridgehead atoms. The molecule has 1 amide bonds. The molecule has 41 heavy (non-hydrogen) atoms. The molecule has 0 spiro atoms. The first-order valence-electron chi connectivity index (χ1n) is 14.3. The maximum absolute atomic E-state index is 14.1. The topological polar surface area (TPSA) is 104 Å². The summed E-state index contributed by atoms with van der Waals surface area (Å²) < 4.78 is 27.7. The number of methoxy groups -OCH3 is 2. The monoisotopic (exact) mass is 584 g/mol. The molecule has 1 aliphatic carbocycles. The maximum Gasteiger partial charge on any atom is 0.333 e. The minimum atomic E-state index is -0.594. The number of rotatable bonds is 9. The number of halogens is 1. The van der Waals surface area contributed by atoms with Gasteiger partial charge in [-0.15, -0.1) is 0 Å². The first-order valence-corrected chi connectivity index (χ1v) is 15.5. The Morgan fingerprint density at radius 2 is 1.71 bits per heavy atom. The van der Waals surface area contributed by atoms with E-state index in [0.29, 0.717) is 50.0 Å². The van der Waals surface area contributed by atoms with Crippen molar-refractivity contribution in [2.24, 2.45) is 0 Å². The molecule has 3 heterocycles. The van der Waals surface area contributed by atoms with Crippen LogP contribution in [0.5, 0.6) is 11.5 Å². The fraction of sp³-hybridized carbons (Fsp3) is 0.533. The van der Waals surface area contributed by atoms with E-state index in [4.69, 9.17) is 9.47 Å². The molecule has 0 radical (unpaired) electrons. The van der Waals surface area contributed by atoms with E-state index >= 15 is 0 Å². The minimum absolute atomic E-state index is 0.00382. The molecular weight excluding hydrogens is 547 g/mol. The van der Waals surface area contributed by atoms with Crippen molar-refractivity contribution in [2.45, 2.75) is 75.9 Å². The molecule has 11 heteroatoms. The summed E-state index contributed by atoms with van der Waals surface area (Å²) in [5.74, 6) is 2.60. The number of carbonyl (C=O) groups is 1. The van der Waals surface area contributed by atoms with Gasteiger partial charge < -0.3 is 14.8 Å². The fourth-order valence-electron chi connectivity index (χ4n) is 6.07. The second-order valence-corrected chi connectivity index (χ2v) is 12.0. The quantitative estimate of drug-likeness (QED) is 0.398. The number of carbonyl (C=O) groups excluding carboxylic acids is 1. The van der Waals surface area contributed by atoms with Crippen LogP contribution in [0.1, 0.15) is 69.0 Å². The van der Waals surface area contributed by atoms with E-state index in [1.54, 1.807) is 18.8 Å². The molecule has 1 saturated carbocycles. The zero-order valence-corrected chi connectivity index (χ0v) is 24.4. The highest BCUT2D eigenvalue weighted by atomic mass is 32.2. The lowest BCUT2D eigenvalue weighted by atomic mass is 9.90. The molecule has 220 valence electrons. The maximum atomic E-state index is 14.1. The van der Waals surface area contributed by atoms with Crippen molar-refractivity contribution < 1.29 is 18.7 Å². The van der Waals surface area contributed by atoms with Crippen LogP contribution in [0, 0.1) is 5.82 Å². The average molecular weight is 585 g/mol. The Labute approximate surface area is 242 Å². The Kier molecular flexibility index (Phi) is 9.32. The number of pyridine rings is 1. The van der Waals surface area contributed by atoms with Crippen molar-refractivity contribution >= 4 is 28.7 Å². The molecule has 0 unspecified atom stereocenters. The van der Waals surface area contributed by atoms with E-state index in [-0.39, 0.29) is 40.8 Å². The number of thioether (sulfide) groups is 1. The van der Waals surface area contributed by atoms with E-state index < -0.39 is 11.4 Å². The second kappa shape index (κ2) is 13.1. The number of aromatic nitrogens is 3. The third kappa shape index (κ3) is 6.45.